The van der Waals surface area contributed by atoms with Crippen LogP contribution in [0.1, 0.15) is 37.5 Å². The van der Waals surface area contributed by atoms with E-state index in [2.05, 4.69) is 66.9 Å². The smallest absolute Gasteiger partial charge is 0.437 e. The maximum Gasteiger partial charge on any atom is 0.437 e. The number of hydrogen-bond acceptors (Lipinski definition) is 6. The molecule has 8 nitrogen and oxygen atoms in total. The maximum atomic E-state index is 13.8. The molecule has 0 bridgehead atoms. The molecule has 1 heterocycles. The SMILES string of the molecule is COCC(C)(F)n1ccnc1[N+](=O)[O-].COc1cccc(CC(C)C(C)Cc2ccc(OC)c(C)c2)c1. The molecule has 0 spiro atoms. The van der Waals surface area contributed by atoms with Gasteiger partial charge in [-0.25, -0.2) is 0 Å². The van der Waals surface area contributed by atoms with Crippen molar-refractivity contribution in [2.75, 3.05) is 27.9 Å². The first-order chi connectivity index (χ1) is 17.5. The second-order valence-electron chi connectivity index (χ2n) is 9.45. The van der Waals surface area contributed by atoms with Crippen LogP contribution < -0.4 is 9.47 Å². The van der Waals surface area contributed by atoms with E-state index >= 15 is 0 Å². The zero-order chi connectivity index (χ0) is 27.6. The number of nitro groups is 1. The minimum absolute atomic E-state index is 0.274. The van der Waals surface area contributed by atoms with Crippen molar-refractivity contribution in [2.24, 2.45) is 11.8 Å². The molecule has 0 aliphatic rings. The largest absolute Gasteiger partial charge is 0.497 e. The Bertz CT molecular complexity index is 1150. The predicted octanol–water partition coefficient (Wildman–Crippen LogP) is 6.15. The van der Waals surface area contributed by atoms with Crippen LogP contribution in [0.15, 0.2) is 54.9 Å². The molecule has 0 N–H and O–H groups in total. The van der Waals surface area contributed by atoms with Crippen molar-refractivity contribution >= 4 is 5.95 Å². The monoisotopic (exact) mass is 515 g/mol. The molecule has 0 amide bonds. The summed E-state index contributed by atoms with van der Waals surface area (Å²) in [6, 6.07) is 14.9. The number of nitrogens with zero attached hydrogens (tertiary/aromatic N) is 3. The van der Waals surface area contributed by atoms with Crippen LogP contribution in [-0.4, -0.2) is 42.4 Å². The molecule has 0 aliphatic heterocycles. The lowest BCUT2D eigenvalue weighted by Crippen LogP contribution is -2.30. The first-order valence-electron chi connectivity index (χ1n) is 12.1. The van der Waals surface area contributed by atoms with Gasteiger partial charge < -0.3 is 24.3 Å². The molecule has 2 aromatic carbocycles. The van der Waals surface area contributed by atoms with E-state index in [0.29, 0.717) is 11.8 Å². The van der Waals surface area contributed by atoms with Crippen LogP contribution in [0.5, 0.6) is 11.5 Å². The van der Waals surface area contributed by atoms with Gasteiger partial charge >= 0.3 is 5.95 Å². The molecular weight excluding hydrogens is 477 g/mol. The van der Waals surface area contributed by atoms with Crippen LogP contribution in [0, 0.1) is 28.9 Å². The molecule has 3 unspecified atom stereocenters. The highest BCUT2D eigenvalue weighted by Crippen LogP contribution is 2.26. The highest BCUT2D eigenvalue weighted by atomic mass is 19.1. The van der Waals surface area contributed by atoms with Crippen LogP contribution in [0.2, 0.25) is 0 Å². The fourth-order valence-corrected chi connectivity index (χ4v) is 4.14. The highest BCUT2D eigenvalue weighted by Gasteiger charge is 2.34. The highest BCUT2D eigenvalue weighted by molar-refractivity contribution is 5.36. The number of aromatic nitrogens is 2. The summed E-state index contributed by atoms with van der Waals surface area (Å²) in [4.78, 5) is 13.1. The minimum atomic E-state index is -1.96. The topological polar surface area (TPSA) is 88.7 Å². The predicted molar refractivity (Wildman–Crippen MR) is 142 cm³/mol. The molecule has 3 atom stereocenters. The van der Waals surface area contributed by atoms with Crippen molar-refractivity contribution < 1.29 is 23.5 Å². The Morgan fingerprint density at radius 3 is 2.24 bits per heavy atom. The Hall–Kier alpha value is -3.46. The van der Waals surface area contributed by atoms with Gasteiger partial charge in [0.2, 0.25) is 0 Å². The second kappa shape index (κ2) is 13.7. The first-order valence-corrected chi connectivity index (χ1v) is 12.1. The number of methoxy groups -OCH3 is 3. The number of ether oxygens (including phenoxy) is 3. The number of imidazole rings is 1. The van der Waals surface area contributed by atoms with Gasteiger partial charge in [-0.1, -0.05) is 43.1 Å². The zero-order valence-electron chi connectivity index (χ0n) is 22.7. The Morgan fingerprint density at radius 2 is 1.70 bits per heavy atom. The molecule has 37 heavy (non-hydrogen) atoms. The molecule has 9 heteroatoms. The molecule has 3 aromatic rings. The Morgan fingerprint density at radius 1 is 1.05 bits per heavy atom. The van der Waals surface area contributed by atoms with Gasteiger partial charge in [0.15, 0.2) is 0 Å². The number of aryl methyl sites for hydroxylation is 1. The summed E-state index contributed by atoms with van der Waals surface area (Å²) in [5.74, 6) is 0.637. The van der Waals surface area contributed by atoms with Gasteiger partial charge in [-0.05, 0) is 71.4 Å². The van der Waals surface area contributed by atoms with Gasteiger partial charge in [0.05, 0.1) is 14.2 Å². The molecule has 1 aromatic heterocycles. The lowest BCUT2D eigenvalue weighted by atomic mass is 9.85. The molecule has 0 saturated heterocycles. The van der Waals surface area contributed by atoms with E-state index in [4.69, 9.17) is 9.47 Å². The van der Waals surface area contributed by atoms with Gasteiger partial charge in [-0.3, -0.25) is 0 Å². The molecular formula is C28H38FN3O5. The third kappa shape index (κ3) is 8.56. The van der Waals surface area contributed by atoms with E-state index in [1.165, 1.54) is 43.1 Å². The molecule has 3 rings (SSSR count). The summed E-state index contributed by atoms with van der Waals surface area (Å²) in [5.41, 5.74) is 3.93. The Labute approximate surface area is 218 Å². The van der Waals surface area contributed by atoms with Crippen molar-refractivity contribution in [1.29, 1.82) is 0 Å². The third-order valence-electron chi connectivity index (χ3n) is 6.37. The van der Waals surface area contributed by atoms with Gasteiger partial charge in [0.25, 0.3) is 5.79 Å². The summed E-state index contributed by atoms with van der Waals surface area (Å²) in [6.45, 7) is 7.69. The van der Waals surface area contributed by atoms with Crippen LogP contribution in [0.3, 0.4) is 0 Å². The zero-order valence-corrected chi connectivity index (χ0v) is 22.7. The van der Waals surface area contributed by atoms with Crippen LogP contribution >= 0.6 is 0 Å². The van der Waals surface area contributed by atoms with Gasteiger partial charge in [0.1, 0.15) is 30.5 Å². The standard InChI is InChI=1S/C21H28O2.C7H10FN3O3/c1-15(11-18-7-6-8-20(14-18)22-4)16(2)12-19-9-10-21(23-5)17(3)13-19;1-7(8,5-14-2)10-4-3-9-6(10)11(12)13/h6-10,13-16H,11-12H2,1-5H3;3-4H,5H2,1-2H3. The Kier molecular flexibility index (Phi) is 11.1. The van der Waals surface area contributed by atoms with Crippen LogP contribution in [0.25, 0.3) is 0 Å². The van der Waals surface area contributed by atoms with Crippen molar-refractivity contribution in [2.45, 2.75) is 46.3 Å². The normalized spacial score (nSPS) is 14.1. The van der Waals surface area contributed by atoms with E-state index in [-0.39, 0.29) is 6.61 Å². The number of rotatable bonds is 11. The van der Waals surface area contributed by atoms with E-state index in [0.717, 1.165) is 28.9 Å². The van der Waals surface area contributed by atoms with Crippen molar-refractivity contribution in [3.05, 3.63) is 81.7 Å². The lowest BCUT2D eigenvalue weighted by molar-refractivity contribution is -0.399. The first kappa shape index (κ1) is 29.8. The van der Waals surface area contributed by atoms with E-state index < -0.39 is 16.7 Å². The van der Waals surface area contributed by atoms with Gasteiger partial charge in [0, 0.05) is 14.0 Å². The third-order valence-corrected chi connectivity index (χ3v) is 6.37. The van der Waals surface area contributed by atoms with E-state index in [9.17, 15) is 14.5 Å². The van der Waals surface area contributed by atoms with Crippen LogP contribution in [0.4, 0.5) is 10.3 Å². The summed E-state index contributed by atoms with van der Waals surface area (Å²) in [6.07, 6.45) is 4.55. The van der Waals surface area contributed by atoms with Gasteiger partial charge in [-0.2, -0.15) is 8.96 Å². The number of benzene rings is 2. The quantitative estimate of drug-likeness (QED) is 0.225. The Balaban J connectivity index is 0.000000294. The molecule has 0 aliphatic carbocycles. The van der Waals surface area contributed by atoms with Crippen molar-refractivity contribution in [3.63, 3.8) is 0 Å². The van der Waals surface area contributed by atoms with Crippen molar-refractivity contribution in [3.8, 4) is 11.5 Å². The molecule has 202 valence electrons. The average Bonchev–Trinajstić information content (AvgIpc) is 3.36. The molecule has 0 radical (unpaired) electrons. The minimum Gasteiger partial charge on any atom is -0.497 e. The fourth-order valence-electron chi connectivity index (χ4n) is 4.14. The summed E-state index contributed by atoms with van der Waals surface area (Å²) >= 11 is 0. The number of halogens is 1. The van der Waals surface area contributed by atoms with Gasteiger partial charge in [-0.15, -0.1) is 0 Å². The number of alkyl halides is 1. The van der Waals surface area contributed by atoms with Crippen LogP contribution in [-0.2, 0) is 23.4 Å². The van der Waals surface area contributed by atoms with E-state index in [1.54, 1.807) is 14.2 Å². The molecule has 0 saturated carbocycles. The van der Waals surface area contributed by atoms with Crippen molar-refractivity contribution in [1.82, 2.24) is 9.55 Å². The van der Waals surface area contributed by atoms with E-state index in [1.807, 2.05) is 6.07 Å². The average molecular weight is 516 g/mol. The molecule has 0 fully saturated rings. The summed E-state index contributed by atoms with van der Waals surface area (Å²) < 4.78 is 29.9. The lowest BCUT2D eigenvalue weighted by Gasteiger charge is -2.21. The summed E-state index contributed by atoms with van der Waals surface area (Å²) in [7, 11) is 4.76. The summed E-state index contributed by atoms with van der Waals surface area (Å²) in [5, 5.41) is 10.4. The number of hydrogen-bond donors (Lipinski definition) is 0. The maximum absolute atomic E-state index is 13.8. The fraction of sp³-hybridized carbons (Fsp3) is 0.464. The second-order valence-corrected chi connectivity index (χ2v) is 9.45.